The van der Waals surface area contributed by atoms with E-state index in [2.05, 4.69) is 20.2 Å². The van der Waals surface area contributed by atoms with Crippen LogP contribution in [0.4, 0.5) is 5.69 Å². The van der Waals surface area contributed by atoms with Crippen LogP contribution in [0.2, 0.25) is 0 Å². The second-order valence-electron chi connectivity index (χ2n) is 6.66. The second kappa shape index (κ2) is 7.75. The number of anilines is 1. The number of nitrogens with one attached hydrogen (secondary N) is 1. The first-order valence-corrected chi connectivity index (χ1v) is 9.20. The van der Waals surface area contributed by atoms with Crippen LogP contribution in [0.1, 0.15) is 35.1 Å². The van der Waals surface area contributed by atoms with Gasteiger partial charge >= 0.3 is 0 Å². The molecule has 7 nitrogen and oxygen atoms in total. The summed E-state index contributed by atoms with van der Waals surface area (Å²) in [5.41, 5.74) is 3.09. The molecule has 2 N–H and O–H groups in total. The third-order valence-electron chi connectivity index (χ3n) is 4.89. The standard InChI is InChI=1S/C20H22N4O3/c25-12-9-22-19(26)17-13-15(5-8-21-17)24-10-6-14(7-11-24)20-23-16-3-1-2-4-18(16)27-20/h1-5,8,13-14,25H,6-7,9-12H2,(H,22,26). The summed E-state index contributed by atoms with van der Waals surface area (Å²) in [7, 11) is 0. The van der Waals surface area contributed by atoms with Gasteiger partial charge < -0.3 is 19.7 Å². The zero-order valence-corrected chi connectivity index (χ0v) is 15.0. The van der Waals surface area contributed by atoms with E-state index >= 15 is 0 Å². The van der Waals surface area contributed by atoms with Crippen molar-refractivity contribution < 1.29 is 14.3 Å². The molecule has 27 heavy (non-hydrogen) atoms. The van der Waals surface area contributed by atoms with Gasteiger partial charge in [-0.3, -0.25) is 9.78 Å². The van der Waals surface area contributed by atoms with Gasteiger partial charge in [0.15, 0.2) is 11.5 Å². The molecule has 1 aliphatic heterocycles. The average molecular weight is 366 g/mol. The molecule has 1 aromatic carbocycles. The largest absolute Gasteiger partial charge is 0.440 e. The summed E-state index contributed by atoms with van der Waals surface area (Å²) in [6, 6.07) is 11.6. The summed E-state index contributed by atoms with van der Waals surface area (Å²) >= 11 is 0. The van der Waals surface area contributed by atoms with Gasteiger partial charge in [0.25, 0.3) is 5.91 Å². The number of carbonyl (C=O) groups is 1. The van der Waals surface area contributed by atoms with Crippen molar-refractivity contribution in [2.45, 2.75) is 18.8 Å². The van der Waals surface area contributed by atoms with Crippen molar-refractivity contribution in [1.82, 2.24) is 15.3 Å². The Morgan fingerprint density at radius 3 is 2.85 bits per heavy atom. The highest BCUT2D eigenvalue weighted by Crippen LogP contribution is 2.31. The maximum Gasteiger partial charge on any atom is 0.270 e. The fourth-order valence-electron chi connectivity index (χ4n) is 3.45. The van der Waals surface area contributed by atoms with Gasteiger partial charge in [0, 0.05) is 37.4 Å². The van der Waals surface area contributed by atoms with Crippen molar-refractivity contribution in [2.75, 3.05) is 31.1 Å². The highest BCUT2D eigenvalue weighted by molar-refractivity contribution is 5.93. The molecular weight excluding hydrogens is 344 g/mol. The Bertz CT molecular complexity index is 899. The molecule has 1 amide bonds. The molecular formula is C20H22N4O3. The van der Waals surface area contributed by atoms with Gasteiger partial charge in [-0.05, 0) is 37.1 Å². The van der Waals surface area contributed by atoms with Crippen LogP contribution in [0.25, 0.3) is 11.1 Å². The summed E-state index contributed by atoms with van der Waals surface area (Å²) in [4.78, 5) is 23.1. The normalized spacial score (nSPS) is 15.2. The van der Waals surface area contributed by atoms with Gasteiger partial charge in [-0.25, -0.2) is 4.98 Å². The van der Waals surface area contributed by atoms with Crippen LogP contribution >= 0.6 is 0 Å². The van der Waals surface area contributed by atoms with Gasteiger partial charge in [0.1, 0.15) is 11.2 Å². The van der Waals surface area contributed by atoms with Gasteiger partial charge in [-0.2, -0.15) is 0 Å². The van der Waals surface area contributed by atoms with Crippen molar-refractivity contribution >= 4 is 22.7 Å². The Morgan fingerprint density at radius 2 is 2.07 bits per heavy atom. The van der Waals surface area contributed by atoms with E-state index in [1.165, 1.54) is 0 Å². The SMILES string of the molecule is O=C(NCCO)c1cc(N2CCC(c3nc4ccccc4o3)CC2)ccn1. The van der Waals surface area contributed by atoms with Crippen LogP contribution in [0.5, 0.6) is 0 Å². The molecule has 0 bridgehead atoms. The van der Waals surface area contributed by atoms with Gasteiger partial charge in [-0.1, -0.05) is 12.1 Å². The lowest BCUT2D eigenvalue weighted by molar-refractivity contribution is 0.0940. The van der Waals surface area contributed by atoms with Crippen molar-refractivity contribution in [1.29, 1.82) is 0 Å². The topological polar surface area (TPSA) is 91.5 Å². The number of rotatable bonds is 5. The molecule has 3 aromatic rings. The van der Waals surface area contributed by atoms with E-state index in [4.69, 9.17) is 9.52 Å². The molecule has 4 rings (SSSR count). The van der Waals surface area contributed by atoms with E-state index in [0.29, 0.717) is 11.6 Å². The Kier molecular flexibility index (Phi) is 5.02. The van der Waals surface area contributed by atoms with E-state index in [1.54, 1.807) is 12.3 Å². The Hall–Kier alpha value is -2.93. The van der Waals surface area contributed by atoms with E-state index in [1.807, 2.05) is 30.3 Å². The first kappa shape index (κ1) is 17.5. The molecule has 140 valence electrons. The molecule has 0 saturated carbocycles. The summed E-state index contributed by atoms with van der Waals surface area (Å²) in [6.45, 7) is 1.87. The molecule has 0 atom stereocenters. The maximum absolute atomic E-state index is 12.0. The van der Waals surface area contributed by atoms with Crippen LogP contribution in [0.3, 0.4) is 0 Å². The molecule has 1 saturated heterocycles. The van der Waals surface area contributed by atoms with Crippen LogP contribution in [0.15, 0.2) is 47.0 Å². The van der Waals surface area contributed by atoms with Gasteiger partial charge in [0.05, 0.1) is 6.61 Å². The first-order valence-electron chi connectivity index (χ1n) is 9.20. The van der Waals surface area contributed by atoms with Crippen LogP contribution in [-0.4, -0.2) is 47.2 Å². The van der Waals surface area contributed by atoms with Crippen LogP contribution in [0, 0.1) is 0 Å². The summed E-state index contributed by atoms with van der Waals surface area (Å²) in [5.74, 6) is 0.852. The second-order valence-corrected chi connectivity index (χ2v) is 6.66. The van der Waals surface area contributed by atoms with E-state index in [0.717, 1.165) is 48.6 Å². The van der Waals surface area contributed by atoms with Gasteiger partial charge in [-0.15, -0.1) is 0 Å². The Labute approximate surface area is 157 Å². The fraction of sp³-hybridized carbons (Fsp3) is 0.350. The number of benzene rings is 1. The minimum Gasteiger partial charge on any atom is -0.440 e. The molecule has 0 radical (unpaired) electrons. The number of para-hydroxylation sites is 2. The first-order chi connectivity index (χ1) is 13.2. The number of carbonyl (C=O) groups excluding carboxylic acids is 1. The van der Waals surface area contributed by atoms with Crippen molar-refractivity contribution in [3.8, 4) is 0 Å². The van der Waals surface area contributed by atoms with Gasteiger partial charge in [0.2, 0.25) is 0 Å². The molecule has 1 fully saturated rings. The Balaban J connectivity index is 1.42. The van der Waals surface area contributed by atoms with E-state index in [9.17, 15) is 4.79 Å². The molecule has 0 spiro atoms. The maximum atomic E-state index is 12.0. The number of oxazole rings is 1. The van der Waals surface area contributed by atoms with E-state index in [-0.39, 0.29) is 19.1 Å². The number of aliphatic hydroxyl groups is 1. The summed E-state index contributed by atoms with van der Waals surface area (Å²) in [6.07, 6.45) is 3.54. The zero-order valence-electron chi connectivity index (χ0n) is 15.0. The molecule has 7 heteroatoms. The number of hydrogen-bond acceptors (Lipinski definition) is 6. The molecule has 0 unspecified atom stereocenters. The number of hydrogen-bond donors (Lipinski definition) is 2. The summed E-state index contributed by atoms with van der Waals surface area (Å²) in [5, 5.41) is 11.5. The highest BCUT2D eigenvalue weighted by atomic mass is 16.3. The van der Waals surface area contributed by atoms with Crippen LogP contribution in [-0.2, 0) is 0 Å². The lowest BCUT2D eigenvalue weighted by atomic mass is 9.96. The predicted molar refractivity (Wildman–Crippen MR) is 102 cm³/mol. The number of aromatic nitrogens is 2. The predicted octanol–water partition coefficient (Wildman–Crippen LogP) is 2.33. The third-order valence-corrected chi connectivity index (χ3v) is 4.89. The minimum absolute atomic E-state index is 0.0885. The number of piperidine rings is 1. The van der Waals surface area contributed by atoms with Crippen molar-refractivity contribution in [2.24, 2.45) is 0 Å². The van der Waals surface area contributed by atoms with E-state index < -0.39 is 0 Å². The molecule has 3 heterocycles. The number of amides is 1. The smallest absolute Gasteiger partial charge is 0.270 e. The zero-order chi connectivity index (χ0) is 18.6. The quantitative estimate of drug-likeness (QED) is 0.720. The number of pyridine rings is 1. The van der Waals surface area contributed by atoms with Crippen molar-refractivity contribution in [3.63, 3.8) is 0 Å². The number of nitrogens with zero attached hydrogens (tertiary/aromatic N) is 3. The fourth-order valence-corrected chi connectivity index (χ4v) is 3.45. The van der Waals surface area contributed by atoms with Crippen molar-refractivity contribution in [3.05, 3.63) is 54.2 Å². The average Bonchev–Trinajstić information content (AvgIpc) is 3.16. The monoisotopic (exact) mass is 366 g/mol. The number of fused-ring (bicyclic) bond motifs is 1. The van der Waals surface area contributed by atoms with Crippen LogP contribution < -0.4 is 10.2 Å². The molecule has 0 aliphatic carbocycles. The molecule has 2 aromatic heterocycles. The third kappa shape index (κ3) is 3.78. The highest BCUT2D eigenvalue weighted by Gasteiger charge is 2.25. The summed E-state index contributed by atoms with van der Waals surface area (Å²) < 4.78 is 5.92. The minimum atomic E-state index is -0.271. The lowest BCUT2D eigenvalue weighted by Crippen LogP contribution is -2.33. The number of aliphatic hydroxyl groups excluding tert-OH is 1. The Morgan fingerprint density at radius 1 is 1.26 bits per heavy atom. The lowest BCUT2D eigenvalue weighted by Gasteiger charge is -2.32. The molecule has 1 aliphatic rings.